The Kier molecular flexibility index (Phi) is 6.33. The van der Waals surface area contributed by atoms with Crippen molar-refractivity contribution in [3.05, 3.63) is 89.6 Å². The van der Waals surface area contributed by atoms with Gasteiger partial charge in [-0.2, -0.15) is 8.42 Å². The van der Waals surface area contributed by atoms with Crippen LogP contribution in [0.2, 0.25) is 0 Å². The lowest BCUT2D eigenvalue weighted by Crippen LogP contribution is -2.30. The van der Waals surface area contributed by atoms with Gasteiger partial charge in [0.1, 0.15) is 17.3 Å². The molecule has 0 aliphatic heterocycles. The lowest BCUT2D eigenvalue weighted by atomic mass is 10.1. The van der Waals surface area contributed by atoms with Crippen LogP contribution in [-0.4, -0.2) is 25.0 Å². The van der Waals surface area contributed by atoms with Crippen molar-refractivity contribution >= 4 is 16.0 Å². The normalized spacial score (nSPS) is 11.2. The first-order valence-electron chi connectivity index (χ1n) is 8.94. The Morgan fingerprint density at radius 3 is 2.45 bits per heavy atom. The van der Waals surface area contributed by atoms with Crippen LogP contribution in [0.1, 0.15) is 28.6 Å². The quantitative estimate of drug-likeness (QED) is 0.518. The zero-order chi connectivity index (χ0) is 20.9. The molecule has 0 atom stereocenters. The number of furan rings is 1. The third-order valence-corrected chi connectivity index (χ3v) is 5.31. The Labute approximate surface area is 168 Å². The van der Waals surface area contributed by atoms with Crippen LogP contribution in [-0.2, 0) is 23.2 Å². The highest BCUT2D eigenvalue weighted by atomic mass is 32.2. The molecule has 0 saturated carbocycles. The first kappa shape index (κ1) is 20.6. The van der Waals surface area contributed by atoms with Crippen LogP contribution in [0.5, 0.6) is 5.75 Å². The molecule has 0 aliphatic rings. The van der Waals surface area contributed by atoms with Crippen LogP contribution in [0.15, 0.2) is 71.3 Å². The Balaban J connectivity index is 1.80. The molecule has 0 unspecified atom stereocenters. The fourth-order valence-electron chi connectivity index (χ4n) is 2.67. The standard InChI is InChI=1S/C21H20FNO5S/c1-2-29(25,26)28-19-10-8-16(9-11-19)14-23(15-20-7-4-12-27-20)21(24)17-5-3-6-18(22)13-17/h3-13H,2,14-15H2,1H3. The van der Waals surface area contributed by atoms with E-state index in [0.29, 0.717) is 5.76 Å². The van der Waals surface area contributed by atoms with Crippen LogP contribution < -0.4 is 4.18 Å². The summed E-state index contributed by atoms with van der Waals surface area (Å²) >= 11 is 0. The molecule has 6 nitrogen and oxygen atoms in total. The van der Waals surface area contributed by atoms with E-state index in [1.165, 1.54) is 48.4 Å². The zero-order valence-corrected chi connectivity index (χ0v) is 16.6. The lowest BCUT2D eigenvalue weighted by molar-refractivity contribution is 0.0717. The molecule has 1 aromatic heterocycles. The molecular formula is C21H20FNO5S. The first-order valence-corrected chi connectivity index (χ1v) is 10.5. The van der Waals surface area contributed by atoms with Crippen molar-refractivity contribution in [2.24, 2.45) is 0 Å². The van der Waals surface area contributed by atoms with Gasteiger partial charge in [-0.05, 0) is 55.0 Å². The summed E-state index contributed by atoms with van der Waals surface area (Å²) < 4.78 is 47.0. The molecule has 0 radical (unpaired) electrons. The van der Waals surface area contributed by atoms with Crippen LogP contribution in [0.25, 0.3) is 0 Å². The number of benzene rings is 2. The van der Waals surface area contributed by atoms with E-state index in [1.807, 2.05) is 0 Å². The molecule has 0 fully saturated rings. The summed E-state index contributed by atoms with van der Waals surface area (Å²) in [7, 11) is -3.61. The fourth-order valence-corrected chi connectivity index (χ4v) is 3.19. The Morgan fingerprint density at radius 1 is 1.07 bits per heavy atom. The SMILES string of the molecule is CCS(=O)(=O)Oc1ccc(CN(Cc2ccco2)C(=O)c2cccc(F)c2)cc1. The van der Waals surface area contributed by atoms with Crippen molar-refractivity contribution in [1.29, 1.82) is 0 Å². The van der Waals surface area contributed by atoms with E-state index in [0.717, 1.165) is 5.56 Å². The van der Waals surface area contributed by atoms with E-state index in [9.17, 15) is 17.6 Å². The van der Waals surface area contributed by atoms with Crippen molar-refractivity contribution in [3.8, 4) is 5.75 Å². The maximum Gasteiger partial charge on any atom is 0.308 e. The van der Waals surface area contributed by atoms with Gasteiger partial charge >= 0.3 is 10.1 Å². The number of nitrogens with zero attached hydrogens (tertiary/aromatic N) is 1. The topological polar surface area (TPSA) is 76.8 Å². The van der Waals surface area contributed by atoms with Crippen LogP contribution in [0, 0.1) is 5.82 Å². The number of carbonyl (C=O) groups is 1. The first-order chi connectivity index (χ1) is 13.9. The van der Waals surface area contributed by atoms with Crippen molar-refractivity contribution in [3.63, 3.8) is 0 Å². The van der Waals surface area contributed by atoms with Crippen LogP contribution in [0.4, 0.5) is 4.39 Å². The van der Waals surface area contributed by atoms with Gasteiger partial charge in [-0.25, -0.2) is 4.39 Å². The lowest BCUT2D eigenvalue weighted by Gasteiger charge is -2.22. The molecule has 3 rings (SSSR count). The number of carbonyl (C=O) groups excluding carboxylic acids is 1. The third kappa shape index (κ3) is 5.68. The van der Waals surface area contributed by atoms with Gasteiger partial charge in [-0.3, -0.25) is 4.79 Å². The largest absolute Gasteiger partial charge is 0.467 e. The smallest absolute Gasteiger partial charge is 0.308 e. The second kappa shape index (κ2) is 8.91. The molecule has 1 amide bonds. The molecular weight excluding hydrogens is 397 g/mol. The van der Waals surface area contributed by atoms with Crippen LogP contribution >= 0.6 is 0 Å². The Morgan fingerprint density at radius 2 is 1.83 bits per heavy atom. The second-order valence-electron chi connectivity index (χ2n) is 6.32. The third-order valence-electron chi connectivity index (χ3n) is 4.16. The number of amides is 1. The van der Waals surface area contributed by atoms with Gasteiger partial charge in [0.2, 0.25) is 0 Å². The number of rotatable bonds is 8. The van der Waals surface area contributed by atoms with Gasteiger partial charge in [-0.15, -0.1) is 0 Å². The minimum absolute atomic E-state index is 0.131. The minimum atomic E-state index is -3.61. The van der Waals surface area contributed by atoms with Gasteiger partial charge in [0.25, 0.3) is 5.91 Å². The predicted octanol–water partition coefficient (Wildman–Crippen LogP) is 3.99. The average Bonchev–Trinajstić information content (AvgIpc) is 3.21. The predicted molar refractivity (Wildman–Crippen MR) is 105 cm³/mol. The minimum Gasteiger partial charge on any atom is -0.467 e. The number of hydrogen-bond acceptors (Lipinski definition) is 5. The molecule has 8 heteroatoms. The molecule has 152 valence electrons. The molecule has 0 aliphatic carbocycles. The summed E-state index contributed by atoms with van der Waals surface area (Å²) in [6.45, 7) is 1.91. The fraction of sp³-hybridized carbons (Fsp3) is 0.190. The molecule has 0 saturated heterocycles. The van der Waals surface area contributed by atoms with Gasteiger partial charge in [0.05, 0.1) is 18.6 Å². The number of halogens is 1. The van der Waals surface area contributed by atoms with Gasteiger partial charge in [0.15, 0.2) is 0 Å². The summed E-state index contributed by atoms with van der Waals surface area (Å²) in [5.74, 6) is -0.191. The zero-order valence-electron chi connectivity index (χ0n) is 15.7. The summed E-state index contributed by atoms with van der Waals surface area (Å²) in [4.78, 5) is 14.5. The number of hydrogen-bond donors (Lipinski definition) is 0. The van der Waals surface area contributed by atoms with Crippen molar-refractivity contribution < 1.29 is 26.2 Å². The van der Waals surface area contributed by atoms with Gasteiger partial charge in [-0.1, -0.05) is 18.2 Å². The molecule has 1 heterocycles. The van der Waals surface area contributed by atoms with Gasteiger partial charge in [0, 0.05) is 12.1 Å². The van der Waals surface area contributed by atoms with Crippen molar-refractivity contribution in [1.82, 2.24) is 4.90 Å². The van der Waals surface area contributed by atoms with E-state index in [4.69, 9.17) is 8.60 Å². The van der Waals surface area contributed by atoms with Crippen LogP contribution in [0.3, 0.4) is 0 Å². The Hall–Kier alpha value is -3.13. The molecule has 2 aromatic carbocycles. The van der Waals surface area contributed by atoms with E-state index < -0.39 is 15.9 Å². The summed E-state index contributed by atoms with van der Waals surface area (Å²) in [6.07, 6.45) is 1.51. The highest BCUT2D eigenvalue weighted by molar-refractivity contribution is 7.87. The maximum absolute atomic E-state index is 13.6. The monoisotopic (exact) mass is 417 g/mol. The van der Waals surface area contributed by atoms with Gasteiger partial charge < -0.3 is 13.5 Å². The molecule has 0 N–H and O–H groups in total. The molecule has 3 aromatic rings. The summed E-state index contributed by atoms with van der Waals surface area (Å²) in [5, 5.41) is 0. The Bertz CT molecular complexity index is 1060. The molecule has 29 heavy (non-hydrogen) atoms. The van der Waals surface area contributed by atoms with E-state index in [1.54, 1.807) is 30.3 Å². The molecule has 0 bridgehead atoms. The van der Waals surface area contributed by atoms with Crippen molar-refractivity contribution in [2.75, 3.05) is 5.75 Å². The second-order valence-corrected chi connectivity index (χ2v) is 8.18. The van der Waals surface area contributed by atoms with E-state index in [-0.39, 0.29) is 36.1 Å². The maximum atomic E-state index is 13.6. The summed E-state index contributed by atoms with van der Waals surface area (Å²) in [5.41, 5.74) is 0.980. The molecule has 0 spiro atoms. The van der Waals surface area contributed by atoms with E-state index >= 15 is 0 Å². The summed E-state index contributed by atoms with van der Waals surface area (Å²) in [6, 6.07) is 15.4. The van der Waals surface area contributed by atoms with Crippen molar-refractivity contribution in [2.45, 2.75) is 20.0 Å². The van der Waals surface area contributed by atoms with E-state index in [2.05, 4.69) is 0 Å². The highest BCUT2D eigenvalue weighted by Crippen LogP contribution is 2.19. The highest BCUT2D eigenvalue weighted by Gasteiger charge is 2.19. The average molecular weight is 417 g/mol.